The number of hydrogen-bond donors (Lipinski definition) is 1. The molecule has 15 heavy (non-hydrogen) atoms. The Balaban J connectivity index is 2.71. The minimum atomic E-state index is -3.11. The number of fused-ring (bicyclic) bond motifs is 1. The molecule has 0 amide bonds. The molecule has 0 aromatic heterocycles. The summed E-state index contributed by atoms with van der Waals surface area (Å²) in [4.78, 5) is 0.521. The van der Waals surface area contributed by atoms with Gasteiger partial charge in [0.15, 0.2) is 9.84 Å². The summed E-state index contributed by atoms with van der Waals surface area (Å²) in [6.45, 7) is 2.78. The zero-order chi connectivity index (χ0) is 11.1. The Morgan fingerprint density at radius 2 is 2.07 bits per heavy atom. The number of rotatable bonds is 1. The Morgan fingerprint density at radius 3 is 2.73 bits per heavy atom. The van der Waals surface area contributed by atoms with Gasteiger partial charge in [-0.25, -0.2) is 8.42 Å². The summed E-state index contributed by atoms with van der Waals surface area (Å²) >= 11 is 0. The molecule has 0 atom stereocenters. The molecule has 1 aliphatic rings. The second kappa shape index (κ2) is 3.52. The van der Waals surface area contributed by atoms with Gasteiger partial charge in [-0.1, -0.05) is 6.07 Å². The van der Waals surface area contributed by atoms with Crippen LogP contribution in [0.25, 0.3) is 0 Å². The van der Waals surface area contributed by atoms with E-state index in [2.05, 4.69) is 5.32 Å². The molecule has 4 heteroatoms. The average Bonchev–Trinajstić information content (AvgIpc) is 2.15. The van der Waals surface area contributed by atoms with E-state index in [-0.39, 0.29) is 0 Å². The van der Waals surface area contributed by atoms with Crippen molar-refractivity contribution in [2.24, 2.45) is 0 Å². The van der Waals surface area contributed by atoms with E-state index >= 15 is 0 Å². The first-order chi connectivity index (χ1) is 7.00. The molecule has 0 radical (unpaired) electrons. The molecule has 0 spiro atoms. The zero-order valence-corrected chi connectivity index (χ0v) is 9.82. The molecule has 0 aliphatic carbocycles. The lowest BCUT2D eigenvalue weighted by atomic mass is 10.0. The standard InChI is InChI=1S/C11H15NO2S/c1-8-5-6-10-9(4-3-7-12-10)11(8)15(2,13)14/h5-6,12H,3-4,7H2,1-2H3. The van der Waals surface area contributed by atoms with Crippen LogP contribution in [-0.2, 0) is 16.3 Å². The van der Waals surface area contributed by atoms with Gasteiger partial charge < -0.3 is 5.32 Å². The van der Waals surface area contributed by atoms with Gasteiger partial charge in [-0.05, 0) is 37.0 Å². The third kappa shape index (κ3) is 1.86. The van der Waals surface area contributed by atoms with E-state index in [1.54, 1.807) is 0 Å². The number of nitrogens with one attached hydrogen (secondary N) is 1. The van der Waals surface area contributed by atoms with Crippen LogP contribution in [0.1, 0.15) is 17.5 Å². The van der Waals surface area contributed by atoms with Gasteiger partial charge in [-0.15, -0.1) is 0 Å². The minimum Gasteiger partial charge on any atom is -0.385 e. The van der Waals surface area contributed by atoms with E-state index < -0.39 is 9.84 Å². The van der Waals surface area contributed by atoms with E-state index in [1.165, 1.54) is 6.26 Å². The molecule has 0 unspecified atom stereocenters. The predicted octanol–water partition coefficient (Wildman–Crippen LogP) is 1.76. The molecular weight excluding hydrogens is 210 g/mol. The molecule has 0 fully saturated rings. The Bertz CT molecular complexity index is 492. The van der Waals surface area contributed by atoms with Crippen LogP contribution in [0.5, 0.6) is 0 Å². The minimum absolute atomic E-state index is 0.521. The molecule has 1 aliphatic heterocycles. The largest absolute Gasteiger partial charge is 0.385 e. The van der Waals surface area contributed by atoms with Crippen LogP contribution >= 0.6 is 0 Å². The van der Waals surface area contributed by atoms with Crippen molar-refractivity contribution in [3.05, 3.63) is 23.3 Å². The summed E-state index contributed by atoms with van der Waals surface area (Å²) in [6.07, 6.45) is 3.13. The van der Waals surface area contributed by atoms with Gasteiger partial charge >= 0.3 is 0 Å². The third-order valence-corrected chi connectivity index (χ3v) is 4.06. The second-order valence-electron chi connectivity index (χ2n) is 4.04. The molecule has 82 valence electrons. The van der Waals surface area contributed by atoms with Crippen molar-refractivity contribution in [1.29, 1.82) is 0 Å². The summed E-state index contributed by atoms with van der Waals surface area (Å²) < 4.78 is 23.4. The van der Waals surface area contributed by atoms with Crippen LogP contribution in [0.4, 0.5) is 5.69 Å². The maximum absolute atomic E-state index is 11.7. The van der Waals surface area contributed by atoms with Crippen molar-refractivity contribution in [2.75, 3.05) is 18.1 Å². The van der Waals surface area contributed by atoms with Crippen LogP contribution < -0.4 is 5.32 Å². The Labute approximate surface area is 90.4 Å². The van der Waals surface area contributed by atoms with E-state index in [0.717, 1.165) is 36.2 Å². The maximum atomic E-state index is 11.7. The Kier molecular flexibility index (Phi) is 2.46. The van der Waals surface area contributed by atoms with Crippen molar-refractivity contribution in [3.8, 4) is 0 Å². The monoisotopic (exact) mass is 225 g/mol. The number of benzene rings is 1. The van der Waals surface area contributed by atoms with Crippen molar-refractivity contribution < 1.29 is 8.42 Å². The van der Waals surface area contributed by atoms with Gasteiger partial charge in [0.25, 0.3) is 0 Å². The summed E-state index contributed by atoms with van der Waals surface area (Å²) in [6, 6.07) is 3.84. The van der Waals surface area contributed by atoms with Gasteiger partial charge in [0.1, 0.15) is 0 Å². The molecule has 3 nitrogen and oxygen atoms in total. The van der Waals surface area contributed by atoms with E-state index in [1.807, 2.05) is 19.1 Å². The van der Waals surface area contributed by atoms with E-state index in [4.69, 9.17) is 0 Å². The van der Waals surface area contributed by atoms with Crippen LogP contribution in [0.15, 0.2) is 17.0 Å². The molecular formula is C11H15NO2S. The van der Waals surface area contributed by atoms with Gasteiger partial charge in [0.05, 0.1) is 4.90 Å². The molecule has 0 bridgehead atoms. The van der Waals surface area contributed by atoms with Crippen molar-refractivity contribution in [3.63, 3.8) is 0 Å². The van der Waals surface area contributed by atoms with E-state index in [0.29, 0.717) is 4.90 Å². The fourth-order valence-electron chi connectivity index (χ4n) is 2.16. The zero-order valence-electron chi connectivity index (χ0n) is 9.00. The second-order valence-corrected chi connectivity index (χ2v) is 5.99. The number of aryl methyl sites for hydroxylation is 1. The van der Waals surface area contributed by atoms with Crippen LogP contribution in [0.2, 0.25) is 0 Å². The van der Waals surface area contributed by atoms with Crippen LogP contribution in [-0.4, -0.2) is 21.2 Å². The van der Waals surface area contributed by atoms with Gasteiger partial charge in [0, 0.05) is 18.5 Å². The van der Waals surface area contributed by atoms with Crippen LogP contribution in [0.3, 0.4) is 0 Å². The quantitative estimate of drug-likeness (QED) is 0.792. The number of hydrogen-bond acceptors (Lipinski definition) is 3. The van der Waals surface area contributed by atoms with Crippen molar-refractivity contribution in [2.45, 2.75) is 24.7 Å². The summed E-state index contributed by atoms with van der Waals surface area (Å²) in [7, 11) is -3.11. The lowest BCUT2D eigenvalue weighted by Gasteiger charge is -2.21. The van der Waals surface area contributed by atoms with E-state index in [9.17, 15) is 8.42 Å². The summed E-state index contributed by atoms with van der Waals surface area (Å²) in [5.41, 5.74) is 2.79. The fraction of sp³-hybridized carbons (Fsp3) is 0.455. The predicted molar refractivity (Wildman–Crippen MR) is 61.1 cm³/mol. The molecule has 2 rings (SSSR count). The number of sulfone groups is 1. The highest BCUT2D eigenvalue weighted by Crippen LogP contribution is 2.30. The third-order valence-electron chi connectivity index (χ3n) is 2.75. The normalized spacial score (nSPS) is 15.6. The van der Waals surface area contributed by atoms with Crippen molar-refractivity contribution >= 4 is 15.5 Å². The van der Waals surface area contributed by atoms with Crippen molar-refractivity contribution in [1.82, 2.24) is 0 Å². The highest BCUT2D eigenvalue weighted by atomic mass is 32.2. The Hall–Kier alpha value is -1.03. The molecule has 1 N–H and O–H groups in total. The maximum Gasteiger partial charge on any atom is 0.176 e. The SMILES string of the molecule is Cc1ccc2c(c1S(C)(=O)=O)CCCN2. The van der Waals surface area contributed by atoms with Crippen LogP contribution in [0, 0.1) is 6.92 Å². The highest BCUT2D eigenvalue weighted by Gasteiger charge is 2.20. The molecule has 0 saturated carbocycles. The smallest absolute Gasteiger partial charge is 0.176 e. The first-order valence-electron chi connectivity index (χ1n) is 5.06. The lowest BCUT2D eigenvalue weighted by Crippen LogP contribution is -2.16. The molecule has 1 aromatic rings. The Morgan fingerprint density at radius 1 is 1.33 bits per heavy atom. The average molecular weight is 225 g/mol. The highest BCUT2D eigenvalue weighted by molar-refractivity contribution is 7.90. The summed E-state index contributed by atoms with van der Waals surface area (Å²) in [5.74, 6) is 0. The first-order valence-corrected chi connectivity index (χ1v) is 6.95. The first kappa shape index (κ1) is 10.5. The molecule has 1 heterocycles. The number of anilines is 1. The van der Waals surface area contributed by atoms with Gasteiger partial charge in [0.2, 0.25) is 0 Å². The fourth-order valence-corrected chi connectivity index (χ4v) is 3.48. The lowest BCUT2D eigenvalue weighted by molar-refractivity contribution is 0.599. The molecule has 1 aromatic carbocycles. The molecule has 0 saturated heterocycles. The topological polar surface area (TPSA) is 46.2 Å². The summed E-state index contributed by atoms with van der Waals surface area (Å²) in [5, 5.41) is 3.24. The van der Waals surface area contributed by atoms with Gasteiger partial charge in [-0.3, -0.25) is 0 Å². The van der Waals surface area contributed by atoms with Gasteiger partial charge in [-0.2, -0.15) is 0 Å².